The molecule has 0 aliphatic rings. The summed E-state index contributed by atoms with van der Waals surface area (Å²) in [5, 5.41) is 18.2. The van der Waals surface area contributed by atoms with Gasteiger partial charge in [0.2, 0.25) is 0 Å². The average molecular weight is 228 g/mol. The predicted molar refractivity (Wildman–Crippen MR) is 67.5 cm³/mol. The van der Waals surface area contributed by atoms with Gasteiger partial charge in [-0.1, -0.05) is 48.5 Å². The molecule has 0 bridgehead atoms. The third kappa shape index (κ3) is 2.93. The topological polar surface area (TPSA) is 40.5 Å². The van der Waals surface area contributed by atoms with E-state index in [9.17, 15) is 5.11 Å². The van der Waals surface area contributed by atoms with Crippen LogP contribution in [-0.2, 0) is 19.6 Å². The van der Waals surface area contributed by atoms with Crippen molar-refractivity contribution < 1.29 is 10.2 Å². The first kappa shape index (κ1) is 11.8. The van der Waals surface area contributed by atoms with Gasteiger partial charge in [0.25, 0.3) is 0 Å². The van der Waals surface area contributed by atoms with Gasteiger partial charge in [0.1, 0.15) is 0 Å². The Labute approximate surface area is 101 Å². The highest BCUT2D eigenvalue weighted by molar-refractivity contribution is 5.33. The fraction of sp³-hybridized carbons (Fsp3) is 0.200. The summed E-state index contributed by atoms with van der Waals surface area (Å²) in [6, 6.07) is 15.8. The smallest absolute Gasteiger partial charge is 0.0684 e. The monoisotopic (exact) mass is 228 g/mol. The largest absolute Gasteiger partial charge is 0.392 e. The van der Waals surface area contributed by atoms with E-state index < -0.39 is 0 Å². The molecule has 2 aromatic carbocycles. The van der Waals surface area contributed by atoms with Crippen LogP contribution in [0.5, 0.6) is 0 Å². The molecule has 0 heterocycles. The lowest BCUT2D eigenvalue weighted by Crippen LogP contribution is -1.95. The van der Waals surface area contributed by atoms with Crippen LogP contribution in [0.3, 0.4) is 0 Å². The van der Waals surface area contributed by atoms with Crippen LogP contribution in [0.4, 0.5) is 0 Å². The zero-order valence-corrected chi connectivity index (χ0v) is 9.63. The van der Waals surface area contributed by atoms with Crippen molar-refractivity contribution in [1.29, 1.82) is 0 Å². The second-order valence-corrected chi connectivity index (χ2v) is 4.08. The van der Waals surface area contributed by atoms with Gasteiger partial charge in [-0.25, -0.2) is 0 Å². The molecule has 0 saturated heterocycles. The summed E-state index contributed by atoms with van der Waals surface area (Å²) in [5.41, 5.74) is 4.22. The molecule has 88 valence electrons. The van der Waals surface area contributed by atoms with Gasteiger partial charge in [-0.3, -0.25) is 0 Å². The second kappa shape index (κ2) is 5.62. The summed E-state index contributed by atoms with van der Waals surface area (Å²) in [7, 11) is 0. The Morgan fingerprint density at radius 3 is 1.82 bits per heavy atom. The van der Waals surface area contributed by atoms with Gasteiger partial charge in [-0.05, 0) is 28.7 Å². The Kier molecular flexibility index (Phi) is 3.91. The quantitative estimate of drug-likeness (QED) is 0.842. The number of rotatable bonds is 4. The maximum atomic E-state index is 9.25. The van der Waals surface area contributed by atoms with Crippen molar-refractivity contribution in [3.05, 3.63) is 70.8 Å². The number of hydrogen-bond acceptors (Lipinski definition) is 2. The molecule has 0 unspecified atom stereocenters. The molecule has 0 aliphatic heterocycles. The maximum absolute atomic E-state index is 9.25. The van der Waals surface area contributed by atoms with E-state index in [-0.39, 0.29) is 13.2 Å². The zero-order valence-electron chi connectivity index (χ0n) is 9.63. The molecule has 0 atom stereocenters. The Morgan fingerprint density at radius 2 is 1.24 bits per heavy atom. The molecule has 2 N–H and O–H groups in total. The van der Waals surface area contributed by atoms with E-state index in [0.29, 0.717) is 0 Å². The van der Waals surface area contributed by atoms with Gasteiger partial charge in [-0.2, -0.15) is 0 Å². The second-order valence-electron chi connectivity index (χ2n) is 4.08. The highest BCUT2D eigenvalue weighted by Gasteiger charge is 2.02. The molecular formula is C15H16O2. The number of benzene rings is 2. The zero-order chi connectivity index (χ0) is 12.1. The van der Waals surface area contributed by atoms with Crippen molar-refractivity contribution in [3.63, 3.8) is 0 Å². The lowest BCUT2D eigenvalue weighted by molar-refractivity contribution is 0.281. The molecule has 0 fully saturated rings. The fourth-order valence-corrected chi connectivity index (χ4v) is 1.87. The third-order valence-electron chi connectivity index (χ3n) is 2.89. The fourth-order valence-electron chi connectivity index (χ4n) is 1.87. The van der Waals surface area contributed by atoms with Crippen molar-refractivity contribution in [2.24, 2.45) is 0 Å². The summed E-state index contributed by atoms with van der Waals surface area (Å²) >= 11 is 0. The summed E-state index contributed by atoms with van der Waals surface area (Å²) in [4.78, 5) is 0. The van der Waals surface area contributed by atoms with Crippen molar-refractivity contribution >= 4 is 0 Å². The van der Waals surface area contributed by atoms with Crippen LogP contribution < -0.4 is 0 Å². The standard InChI is InChI=1S/C15H16O2/c16-10-13-7-5-12(6-8-13)9-14-3-1-2-4-15(14)11-17/h1-8,16-17H,9-11H2. The Balaban J connectivity index is 2.19. The number of hydrogen-bond donors (Lipinski definition) is 2. The van der Waals surface area contributed by atoms with Crippen LogP contribution in [0.25, 0.3) is 0 Å². The van der Waals surface area contributed by atoms with E-state index in [4.69, 9.17) is 5.11 Å². The number of aliphatic hydroxyl groups excluding tert-OH is 2. The SMILES string of the molecule is OCc1ccc(Cc2ccccc2CO)cc1. The van der Waals surface area contributed by atoms with Gasteiger partial charge >= 0.3 is 0 Å². The van der Waals surface area contributed by atoms with Gasteiger partial charge in [-0.15, -0.1) is 0 Å². The van der Waals surface area contributed by atoms with E-state index >= 15 is 0 Å². The van der Waals surface area contributed by atoms with E-state index in [1.807, 2.05) is 48.5 Å². The summed E-state index contributed by atoms with van der Waals surface area (Å²) < 4.78 is 0. The minimum Gasteiger partial charge on any atom is -0.392 e. The first-order chi connectivity index (χ1) is 8.33. The Morgan fingerprint density at radius 1 is 0.647 bits per heavy atom. The highest BCUT2D eigenvalue weighted by atomic mass is 16.3. The molecule has 0 amide bonds. The molecule has 0 saturated carbocycles. The van der Waals surface area contributed by atoms with E-state index in [1.54, 1.807) is 0 Å². The Bertz CT molecular complexity index is 475. The van der Waals surface area contributed by atoms with E-state index in [1.165, 1.54) is 5.56 Å². The Hall–Kier alpha value is -1.64. The predicted octanol–water partition coefficient (Wildman–Crippen LogP) is 2.26. The van der Waals surface area contributed by atoms with Crippen molar-refractivity contribution in [1.82, 2.24) is 0 Å². The van der Waals surface area contributed by atoms with Crippen LogP contribution in [0, 0.1) is 0 Å². The summed E-state index contributed by atoms with van der Waals surface area (Å²) in [6.07, 6.45) is 0.808. The number of aliphatic hydroxyl groups is 2. The van der Waals surface area contributed by atoms with Gasteiger partial charge in [0.05, 0.1) is 13.2 Å². The minimum absolute atomic E-state index is 0.0743. The van der Waals surface area contributed by atoms with Gasteiger partial charge in [0, 0.05) is 0 Å². The molecule has 0 radical (unpaired) electrons. The highest BCUT2D eigenvalue weighted by Crippen LogP contribution is 2.15. The molecule has 2 nitrogen and oxygen atoms in total. The van der Waals surface area contributed by atoms with Gasteiger partial charge in [0.15, 0.2) is 0 Å². The van der Waals surface area contributed by atoms with Crippen molar-refractivity contribution in [3.8, 4) is 0 Å². The van der Waals surface area contributed by atoms with Crippen LogP contribution in [-0.4, -0.2) is 10.2 Å². The first-order valence-corrected chi connectivity index (χ1v) is 5.70. The molecule has 17 heavy (non-hydrogen) atoms. The summed E-state index contributed by atoms with van der Waals surface area (Å²) in [6.45, 7) is 0.151. The average Bonchev–Trinajstić information content (AvgIpc) is 2.40. The lowest BCUT2D eigenvalue weighted by atomic mass is 9.99. The molecule has 0 aliphatic carbocycles. The maximum Gasteiger partial charge on any atom is 0.0684 e. The molecular weight excluding hydrogens is 212 g/mol. The first-order valence-electron chi connectivity index (χ1n) is 5.70. The van der Waals surface area contributed by atoms with Gasteiger partial charge < -0.3 is 10.2 Å². The van der Waals surface area contributed by atoms with Crippen LogP contribution in [0.2, 0.25) is 0 Å². The molecule has 0 spiro atoms. The van der Waals surface area contributed by atoms with E-state index in [0.717, 1.165) is 23.1 Å². The third-order valence-corrected chi connectivity index (χ3v) is 2.89. The molecule has 2 rings (SSSR count). The molecule has 0 aromatic heterocycles. The van der Waals surface area contributed by atoms with Crippen molar-refractivity contribution in [2.75, 3.05) is 0 Å². The van der Waals surface area contributed by atoms with Crippen LogP contribution >= 0.6 is 0 Å². The normalized spacial score (nSPS) is 10.5. The summed E-state index contributed by atoms with van der Waals surface area (Å²) in [5.74, 6) is 0. The molecule has 2 heteroatoms. The van der Waals surface area contributed by atoms with Crippen LogP contribution in [0.1, 0.15) is 22.3 Å². The lowest BCUT2D eigenvalue weighted by Gasteiger charge is -2.07. The van der Waals surface area contributed by atoms with E-state index in [2.05, 4.69) is 0 Å². The molecule has 2 aromatic rings. The minimum atomic E-state index is 0.0743. The van der Waals surface area contributed by atoms with Crippen LogP contribution in [0.15, 0.2) is 48.5 Å². The van der Waals surface area contributed by atoms with Crippen molar-refractivity contribution in [2.45, 2.75) is 19.6 Å².